The predicted molar refractivity (Wildman–Crippen MR) is 328 cm³/mol. The molecule has 2 saturated heterocycles. The Morgan fingerprint density at radius 3 is 1.51 bits per heavy atom. The molecule has 6 aromatic carbocycles. The lowest BCUT2D eigenvalue weighted by molar-refractivity contribution is -0.134. The van der Waals surface area contributed by atoms with Crippen LogP contribution >= 0.6 is 11.6 Å². The summed E-state index contributed by atoms with van der Waals surface area (Å²) >= 11 is 5.96. The monoisotopic (exact) mass is 1160 g/mol. The summed E-state index contributed by atoms with van der Waals surface area (Å²) in [5.41, 5.74) is 11.4. The van der Waals surface area contributed by atoms with Gasteiger partial charge in [0.15, 0.2) is 0 Å². The lowest BCUT2D eigenvalue weighted by Crippen LogP contribution is -2.54. The smallest absolute Gasteiger partial charge is 0.244 e. The maximum absolute atomic E-state index is 14.1. The van der Waals surface area contributed by atoms with E-state index in [9.17, 15) is 32.8 Å². The van der Waals surface area contributed by atoms with Crippen molar-refractivity contribution in [2.75, 3.05) is 52.4 Å². The minimum atomic E-state index is -0.739. The van der Waals surface area contributed by atoms with E-state index in [0.29, 0.717) is 63.6 Å². The third-order valence-electron chi connectivity index (χ3n) is 15.8. The molecule has 13 nitrogen and oxygen atoms in total. The van der Waals surface area contributed by atoms with Crippen molar-refractivity contribution in [2.45, 2.75) is 87.4 Å². The molecule has 440 valence electrons. The third-order valence-corrected chi connectivity index (χ3v) is 16.1. The molecule has 5 amide bonds. The van der Waals surface area contributed by atoms with Crippen LogP contribution in [-0.2, 0) is 24.0 Å². The minimum Gasteiger partial charge on any atom is -0.354 e. The van der Waals surface area contributed by atoms with E-state index < -0.39 is 29.6 Å². The van der Waals surface area contributed by atoms with E-state index in [1.54, 1.807) is 18.2 Å². The highest BCUT2D eigenvalue weighted by molar-refractivity contribution is 6.30. The lowest BCUT2D eigenvalue weighted by Gasteiger charge is -2.30. The predicted octanol–water partition coefficient (Wildman–Crippen LogP) is 9.39. The van der Waals surface area contributed by atoms with E-state index in [0.717, 1.165) is 65.6 Å². The molecule has 3 aliphatic rings. The topological polar surface area (TPSA) is 178 Å². The molecule has 9 rings (SSSR count). The Morgan fingerprint density at radius 2 is 1.04 bits per heavy atom. The second kappa shape index (κ2) is 32.3. The van der Waals surface area contributed by atoms with Crippen molar-refractivity contribution >= 4 is 53.3 Å². The van der Waals surface area contributed by atoms with Crippen molar-refractivity contribution in [3.8, 4) is 0 Å². The van der Waals surface area contributed by atoms with Crippen molar-refractivity contribution in [1.29, 1.82) is 0 Å². The van der Waals surface area contributed by atoms with Gasteiger partial charge in [-0.05, 0) is 103 Å². The molecule has 2 aliphatic heterocycles. The van der Waals surface area contributed by atoms with Gasteiger partial charge in [-0.25, -0.2) is 8.78 Å². The van der Waals surface area contributed by atoms with Gasteiger partial charge < -0.3 is 36.8 Å². The maximum atomic E-state index is 14.1. The van der Waals surface area contributed by atoms with E-state index >= 15 is 0 Å². The Bertz CT molecular complexity index is 3040. The molecule has 1 aliphatic carbocycles. The Balaban J connectivity index is 0.000000221. The minimum absolute atomic E-state index is 0.00202. The van der Waals surface area contributed by atoms with Crippen LogP contribution < -0.4 is 32.3 Å². The van der Waals surface area contributed by atoms with Crippen LogP contribution in [0.25, 0.3) is 12.2 Å². The first-order chi connectivity index (χ1) is 40.9. The molecule has 0 unspecified atom stereocenters. The van der Waals surface area contributed by atoms with Crippen molar-refractivity contribution in [2.24, 2.45) is 11.7 Å². The Labute approximate surface area is 497 Å². The van der Waals surface area contributed by atoms with Gasteiger partial charge in [-0.15, -0.1) is 0 Å². The van der Waals surface area contributed by atoms with E-state index in [4.69, 9.17) is 17.3 Å². The Morgan fingerprint density at radius 1 is 0.571 bits per heavy atom. The van der Waals surface area contributed by atoms with Gasteiger partial charge in [0, 0.05) is 104 Å². The molecule has 0 bridgehead atoms. The van der Waals surface area contributed by atoms with Crippen molar-refractivity contribution in [1.82, 2.24) is 36.4 Å². The average molecular weight is 1160 g/mol. The van der Waals surface area contributed by atoms with Gasteiger partial charge >= 0.3 is 0 Å². The zero-order valence-electron chi connectivity index (χ0n) is 47.4. The van der Waals surface area contributed by atoms with Crippen LogP contribution in [0.3, 0.4) is 0 Å². The summed E-state index contributed by atoms with van der Waals surface area (Å²) in [5, 5.41) is 16.4. The van der Waals surface area contributed by atoms with Crippen LogP contribution in [0.2, 0.25) is 5.02 Å². The molecule has 6 aromatic rings. The fourth-order valence-corrected chi connectivity index (χ4v) is 11.3. The highest BCUT2D eigenvalue weighted by atomic mass is 35.5. The quantitative estimate of drug-likeness (QED) is 0.0386. The Hall–Kier alpha value is -7.82. The zero-order valence-corrected chi connectivity index (χ0v) is 48.2. The van der Waals surface area contributed by atoms with Crippen LogP contribution in [0.1, 0.15) is 96.6 Å². The summed E-state index contributed by atoms with van der Waals surface area (Å²) in [7, 11) is 0. The summed E-state index contributed by atoms with van der Waals surface area (Å²) in [6.45, 7) is 3.33. The van der Waals surface area contributed by atoms with Crippen LogP contribution in [-0.4, -0.2) is 116 Å². The van der Waals surface area contributed by atoms with Gasteiger partial charge in [-0.1, -0.05) is 164 Å². The maximum Gasteiger partial charge on any atom is 0.244 e. The van der Waals surface area contributed by atoms with Gasteiger partial charge in [-0.2, -0.15) is 0 Å². The number of nitrogens with two attached hydrogens (primary N) is 1. The van der Waals surface area contributed by atoms with Gasteiger partial charge in [0.25, 0.3) is 0 Å². The van der Waals surface area contributed by atoms with E-state index in [1.807, 2.05) is 94.7 Å². The molecule has 3 fully saturated rings. The second-order valence-electron chi connectivity index (χ2n) is 21.8. The number of nitrogens with one attached hydrogen (secondary N) is 5. The summed E-state index contributed by atoms with van der Waals surface area (Å²) < 4.78 is 26.9. The van der Waals surface area contributed by atoms with E-state index in [-0.39, 0.29) is 72.1 Å². The SMILES string of the molecule is NCC[C@@H]1N[C@H](CNC(=O)/C=C/c2ccc(F)cc2F)CCN(CC(c2ccccc2)c2ccccc2)C1=O.O=C(/C=C/c1ccc(Cl)cc1)NC[C@@H]1CCN(CC(c2ccccc2)c2ccccc2)C(=O)[C@H](CNC(=O)C2CCCCC2)N1. The van der Waals surface area contributed by atoms with Crippen molar-refractivity contribution in [3.05, 3.63) is 226 Å². The second-order valence-corrected chi connectivity index (χ2v) is 22.2. The molecule has 2 heterocycles. The van der Waals surface area contributed by atoms with Crippen LogP contribution in [0.4, 0.5) is 8.78 Å². The number of nitrogens with zero attached hydrogens (tertiary/aromatic N) is 2. The molecule has 0 aromatic heterocycles. The number of hydrogen-bond donors (Lipinski definition) is 6. The number of halogens is 3. The first kappa shape index (κ1) is 62.2. The first-order valence-electron chi connectivity index (χ1n) is 29.3. The third kappa shape index (κ3) is 18.8. The summed E-state index contributed by atoms with van der Waals surface area (Å²) in [5.74, 6) is -2.01. The number of rotatable bonds is 21. The fraction of sp³-hybridized carbons (Fsp3) is 0.338. The molecule has 0 radical (unpaired) electrons. The van der Waals surface area contributed by atoms with Gasteiger partial charge in [0.05, 0.1) is 6.04 Å². The number of carbonyl (C=O) groups is 5. The summed E-state index contributed by atoms with van der Waals surface area (Å²) in [4.78, 5) is 69.6. The molecule has 7 N–H and O–H groups in total. The molecule has 84 heavy (non-hydrogen) atoms. The fourth-order valence-electron chi connectivity index (χ4n) is 11.2. The zero-order chi connectivity index (χ0) is 59.0. The molecule has 16 heteroatoms. The van der Waals surface area contributed by atoms with Gasteiger partial charge in [0.2, 0.25) is 29.5 Å². The van der Waals surface area contributed by atoms with Crippen molar-refractivity contribution in [3.63, 3.8) is 0 Å². The van der Waals surface area contributed by atoms with Crippen LogP contribution in [0.5, 0.6) is 0 Å². The molecule has 0 spiro atoms. The summed E-state index contributed by atoms with van der Waals surface area (Å²) in [6, 6.07) is 50.0. The Kier molecular flexibility index (Phi) is 23.9. The largest absolute Gasteiger partial charge is 0.354 e. The summed E-state index contributed by atoms with van der Waals surface area (Å²) in [6.07, 6.45) is 12.7. The molecule has 1 saturated carbocycles. The average Bonchev–Trinajstić information content (AvgIpc) is 4.00. The van der Waals surface area contributed by atoms with Gasteiger partial charge in [0.1, 0.15) is 17.7 Å². The molecular formula is C68H77ClF2N8O5. The number of carbonyl (C=O) groups excluding carboxylic acids is 5. The first-order valence-corrected chi connectivity index (χ1v) is 29.7. The highest BCUT2D eigenvalue weighted by Gasteiger charge is 2.35. The lowest BCUT2D eigenvalue weighted by atomic mass is 9.88. The van der Waals surface area contributed by atoms with Crippen molar-refractivity contribution < 1.29 is 32.8 Å². The number of benzene rings is 6. The molecule has 4 atom stereocenters. The van der Waals surface area contributed by atoms with E-state index in [1.165, 1.54) is 30.7 Å². The normalized spacial score (nSPS) is 18.7. The number of hydrogen-bond acceptors (Lipinski definition) is 8. The number of amides is 5. The van der Waals surface area contributed by atoms with Gasteiger partial charge in [-0.3, -0.25) is 29.3 Å². The van der Waals surface area contributed by atoms with Crippen LogP contribution in [0.15, 0.2) is 176 Å². The standard InChI is InChI=1S/C37H43ClN4O3.C31H34F2N4O2/c38-31-19-16-27(17-20-31)18-21-35(43)39-24-32-22-23-42(26-33(28-10-4-1-5-11-28)29-12-6-2-7-13-29)37(45)34(41-32)25-40-36(44)30-14-8-3-9-15-30;32-25-13-11-24(28(33)19-25)12-14-30(38)35-20-26-16-18-37(31(39)29(36-26)15-17-34)21-27(22-7-3-1-4-8-22)23-9-5-2-6-10-23/h1-2,4-7,10-13,16-21,30,32-34,41H,3,8-9,14-15,22-26H2,(H,39,43)(H,40,44);1-14,19,26-27,29,36H,15-18,20-21,34H2,(H,35,38)/b21-18+;14-12+/t32-,34-;26-,29-/m00/s1. The molecular weight excluding hydrogens is 1080 g/mol. The highest BCUT2D eigenvalue weighted by Crippen LogP contribution is 2.29. The van der Waals surface area contributed by atoms with E-state index in [2.05, 4.69) is 75.1 Å². The van der Waals surface area contributed by atoms with Crippen LogP contribution in [0, 0.1) is 17.6 Å².